The summed E-state index contributed by atoms with van der Waals surface area (Å²) in [6, 6.07) is 0. The summed E-state index contributed by atoms with van der Waals surface area (Å²) in [5.74, 6) is 0. The van der Waals surface area contributed by atoms with E-state index in [0.29, 0.717) is 0 Å². The van der Waals surface area contributed by atoms with Crippen molar-refractivity contribution in [3.8, 4) is 0 Å². The zero-order chi connectivity index (χ0) is 15.6. The molecule has 0 amide bonds. The van der Waals surface area contributed by atoms with Crippen molar-refractivity contribution in [3.05, 3.63) is 0 Å². The number of nitrogens with one attached hydrogen (secondary N) is 1. The smallest absolute Gasteiger partial charge is 0.0466 e. The van der Waals surface area contributed by atoms with Crippen molar-refractivity contribution < 1.29 is 4.74 Å². The molecule has 0 heterocycles. The van der Waals surface area contributed by atoms with Crippen LogP contribution in [0.3, 0.4) is 0 Å². The molecule has 21 heavy (non-hydrogen) atoms. The standard InChI is InChI=1S/C18H40N2O/c1-4-7-15-20(6-3)16-11-8-9-12-17-21-18-13-10-14-19-5-2/h19H,4-18H2,1-3H3. The molecule has 0 saturated carbocycles. The van der Waals surface area contributed by atoms with E-state index < -0.39 is 0 Å². The Labute approximate surface area is 133 Å². The average molecular weight is 301 g/mol. The summed E-state index contributed by atoms with van der Waals surface area (Å²) in [4.78, 5) is 2.59. The largest absolute Gasteiger partial charge is 0.381 e. The highest BCUT2D eigenvalue weighted by Gasteiger charge is 2.00. The molecular weight excluding hydrogens is 260 g/mol. The second kappa shape index (κ2) is 17.9. The van der Waals surface area contributed by atoms with E-state index in [1.807, 2.05) is 0 Å². The Morgan fingerprint density at radius 1 is 0.762 bits per heavy atom. The summed E-state index contributed by atoms with van der Waals surface area (Å²) < 4.78 is 5.68. The Morgan fingerprint density at radius 2 is 1.43 bits per heavy atom. The van der Waals surface area contributed by atoms with E-state index in [1.165, 1.54) is 71.0 Å². The van der Waals surface area contributed by atoms with Gasteiger partial charge in [0.1, 0.15) is 0 Å². The monoisotopic (exact) mass is 300 g/mol. The third kappa shape index (κ3) is 16.1. The summed E-state index contributed by atoms with van der Waals surface area (Å²) in [6.07, 6.45) is 10.3. The van der Waals surface area contributed by atoms with Crippen molar-refractivity contribution in [2.45, 2.75) is 72.1 Å². The maximum atomic E-state index is 5.68. The summed E-state index contributed by atoms with van der Waals surface area (Å²) in [5, 5.41) is 3.34. The van der Waals surface area contributed by atoms with Crippen molar-refractivity contribution in [2.24, 2.45) is 0 Å². The molecule has 0 radical (unpaired) electrons. The SMILES string of the molecule is CCCCN(CC)CCCCCCOCCCCNCC. The predicted octanol–water partition coefficient (Wildman–Crippen LogP) is 4.08. The Bertz CT molecular complexity index is 188. The van der Waals surface area contributed by atoms with Gasteiger partial charge in [-0.05, 0) is 64.8 Å². The lowest BCUT2D eigenvalue weighted by Crippen LogP contribution is -2.25. The first-order valence-corrected chi connectivity index (χ1v) is 9.35. The molecule has 0 spiro atoms. The van der Waals surface area contributed by atoms with Crippen LogP contribution in [0.1, 0.15) is 72.1 Å². The Morgan fingerprint density at radius 3 is 2.10 bits per heavy atom. The van der Waals surface area contributed by atoms with Crippen LogP contribution in [0.15, 0.2) is 0 Å². The lowest BCUT2D eigenvalue weighted by molar-refractivity contribution is 0.126. The number of rotatable bonds is 17. The van der Waals surface area contributed by atoms with Gasteiger partial charge in [0.15, 0.2) is 0 Å². The summed E-state index contributed by atoms with van der Waals surface area (Å²) in [6.45, 7) is 14.6. The number of unbranched alkanes of at least 4 members (excludes halogenated alkanes) is 5. The number of hydrogen-bond acceptors (Lipinski definition) is 3. The average Bonchev–Trinajstić information content (AvgIpc) is 2.51. The van der Waals surface area contributed by atoms with Crippen LogP contribution in [0.4, 0.5) is 0 Å². The Kier molecular flexibility index (Phi) is 17.8. The molecule has 0 aliphatic carbocycles. The third-order valence-electron chi connectivity index (χ3n) is 3.93. The topological polar surface area (TPSA) is 24.5 Å². The van der Waals surface area contributed by atoms with Crippen LogP contribution in [0.2, 0.25) is 0 Å². The highest BCUT2D eigenvalue weighted by atomic mass is 16.5. The van der Waals surface area contributed by atoms with Gasteiger partial charge in [0.25, 0.3) is 0 Å². The molecule has 3 nitrogen and oxygen atoms in total. The minimum Gasteiger partial charge on any atom is -0.381 e. The van der Waals surface area contributed by atoms with E-state index in [0.717, 1.165) is 26.3 Å². The van der Waals surface area contributed by atoms with Crippen molar-refractivity contribution >= 4 is 0 Å². The summed E-state index contributed by atoms with van der Waals surface area (Å²) >= 11 is 0. The first-order valence-electron chi connectivity index (χ1n) is 9.35. The minimum atomic E-state index is 0.937. The quantitative estimate of drug-likeness (QED) is 0.410. The minimum absolute atomic E-state index is 0.937. The van der Waals surface area contributed by atoms with E-state index in [2.05, 4.69) is 31.0 Å². The van der Waals surface area contributed by atoms with Gasteiger partial charge in [0.05, 0.1) is 0 Å². The third-order valence-corrected chi connectivity index (χ3v) is 3.93. The van der Waals surface area contributed by atoms with Crippen LogP contribution in [-0.2, 0) is 4.74 Å². The maximum absolute atomic E-state index is 5.68. The first-order chi connectivity index (χ1) is 10.3. The lowest BCUT2D eigenvalue weighted by atomic mass is 10.2. The molecule has 3 heteroatoms. The normalized spacial score (nSPS) is 11.4. The fraction of sp³-hybridized carbons (Fsp3) is 1.00. The number of hydrogen-bond donors (Lipinski definition) is 1. The van der Waals surface area contributed by atoms with Gasteiger partial charge in [-0.1, -0.05) is 40.0 Å². The van der Waals surface area contributed by atoms with Gasteiger partial charge in [0, 0.05) is 13.2 Å². The number of ether oxygens (including phenoxy) is 1. The van der Waals surface area contributed by atoms with E-state index in [-0.39, 0.29) is 0 Å². The molecule has 0 saturated heterocycles. The van der Waals surface area contributed by atoms with Gasteiger partial charge in [-0.2, -0.15) is 0 Å². The number of nitrogens with zero attached hydrogens (tertiary/aromatic N) is 1. The summed E-state index contributed by atoms with van der Waals surface area (Å²) in [7, 11) is 0. The highest BCUT2D eigenvalue weighted by molar-refractivity contribution is 4.56. The molecule has 0 aliphatic heterocycles. The second-order valence-corrected chi connectivity index (χ2v) is 5.88. The first kappa shape index (κ1) is 20.9. The van der Waals surface area contributed by atoms with E-state index >= 15 is 0 Å². The van der Waals surface area contributed by atoms with Crippen LogP contribution < -0.4 is 5.32 Å². The van der Waals surface area contributed by atoms with Crippen LogP contribution in [0.25, 0.3) is 0 Å². The van der Waals surface area contributed by atoms with Crippen molar-refractivity contribution in [1.82, 2.24) is 10.2 Å². The van der Waals surface area contributed by atoms with Crippen LogP contribution >= 0.6 is 0 Å². The predicted molar refractivity (Wildman–Crippen MR) is 94.1 cm³/mol. The van der Waals surface area contributed by atoms with Gasteiger partial charge in [0.2, 0.25) is 0 Å². The zero-order valence-corrected chi connectivity index (χ0v) is 15.0. The Balaban J connectivity index is 3.14. The molecule has 0 aliphatic rings. The van der Waals surface area contributed by atoms with Crippen LogP contribution in [0.5, 0.6) is 0 Å². The summed E-state index contributed by atoms with van der Waals surface area (Å²) in [5.41, 5.74) is 0. The molecule has 0 bridgehead atoms. The van der Waals surface area contributed by atoms with Crippen LogP contribution in [-0.4, -0.2) is 50.8 Å². The fourth-order valence-corrected chi connectivity index (χ4v) is 2.44. The van der Waals surface area contributed by atoms with E-state index in [4.69, 9.17) is 4.74 Å². The van der Waals surface area contributed by atoms with Gasteiger partial charge >= 0.3 is 0 Å². The molecule has 0 atom stereocenters. The van der Waals surface area contributed by atoms with E-state index in [1.54, 1.807) is 0 Å². The maximum Gasteiger partial charge on any atom is 0.0466 e. The molecule has 0 unspecified atom stereocenters. The molecule has 0 aromatic heterocycles. The molecule has 0 aromatic rings. The van der Waals surface area contributed by atoms with Crippen molar-refractivity contribution in [3.63, 3.8) is 0 Å². The molecule has 0 aromatic carbocycles. The van der Waals surface area contributed by atoms with Crippen LogP contribution in [0, 0.1) is 0 Å². The zero-order valence-electron chi connectivity index (χ0n) is 15.0. The Hall–Kier alpha value is -0.120. The van der Waals surface area contributed by atoms with Gasteiger partial charge in [-0.15, -0.1) is 0 Å². The fourth-order valence-electron chi connectivity index (χ4n) is 2.44. The van der Waals surface area contributed by atoms with Crippen molar-refractivity contribution in [2.75, 3.05) is 45.9 Å². The van der Waals surface area contributed by atoms with Crippen molar-refractivity contribution in [1.29, 1.82) is 0 Å². The molecule has 1 N–H and O–H groups in total. The van der Waals surface area contributed by atoms with Gasteiger partial charge in [-0.3, -0.25) is 0 Å². The van der Waals surface area contributed by atoms with Gasteiger partial charge < -0.3 is 15.0 Å². The molecule has 128 valence electrons. The molecule has 0 fully saturated rings. The molecule has 0 rings (SSSR count). The lowest BCUT2D eigenvalue weighted by Gasteiger charge is -2.19. The second-order valence-electron chi connectivity index (χ2n) is 5.88. The van der Waals surface area contributed by atoms with E-state index in [9.17, 15) is 0 Å². The van der Waals surface area contributed by atoms with Gasteiger partial charge in [-0.25, -0.2) is 0 Å². The highest BCUT2D eigenvalue weighted by Crippen LogP contribution is 2.04. The molecular formula is C18H40N2O.